The lowest BCUT2D eigenvalue weighted by atomic mass is 10.2. The van der Waals surface area contributed by atoms with Gasteiger partial charge >= 0.3 is 0 Å². The average Bonchev–Trinajstić information content (AvgIpc) is 2.89. The molecule has 2 N–H and O–H groups in total. The minimum atomic E-state index is -4.10. The van der Waals surface area contributed by atoms with E-state index < -0.39 is 36.5 Å². The maximum Gasteiger partial charge on any atom is 0.243 e. The molecule has 1 amide bonds. The zero-order valence-electron chi connectivity index (χ0n) is 20.0. The first-order chi connectivity index (χ1) is 17.6. The molecule has 1 aliphatic heterocycles. The molecule has 1 saturated heterocycles. The molecule has 3 aromatic rings. The van der Waals surface area contributed by atoms with Crippen molar-refractivity contribution in [2.24, 2.45) is 0 Å². The van der Waals surface area contributed by atoms with Crippen LogP contribution in [0.1, 0.15) is 5.56 Å². The predicted octanol–water partition coefficient (Wildman–Crippen LogP) is 3.04. The molecular weight excluding hydrogens is 521 g/mol. The number of halogens is 1. The number of sulfonamides is 1. The quantitative estimate of drug-likeness (QED) is 0.445. The first kappa shape index (κ1) is 26.7. The molecule has 1 aliphatic rings. The van der Waals surface area contributed by atoms with E-state index in [1.54, 1.807) is 12.1 Å². The molecule has 0 saturated carbocycles. The van der Waals surface area contributed by atoms with Crippen LogP contribution in [0.5, 0.6) is 0 Å². The Kier molecular flexibility index (Phi) is 7.93. The number of hydrogen-bond donors (Lipinski definition) is 2. The summed E-state index contributed by atoms with van der Waals surface area (Å²) in [5.74, 6) is -1.52. The number of carbonyl (C=O) groups is 1. The van der Waals surface area contributed by atoms with Crippen LogP contribution < -0.4 is 10.6 Å². The first-order valence-corrected chi connectivity index (χ1v) is 14.3. The molecule has 0 aliphatic carbocycles. The average molecular weight is 548 g/mol. The second kappa shape index (κ2) is 11.0. The Morgan fingerprint density at radius 2 is 1.54 bits per heavy atom. The molecule has 196 valence electrons. The second-order valence-corrected chi connectivity index (χ2v) is 12.2. The number of aryl methyl sites for hydroxylation is 1. The fourth-order valence-corrected chi connectivity index (χ4v) is 6.49. The highest BCUT2D eigenvalue weighted by Gasteiger charge is 2.26. The molecule has 4 rings (SSSR count). The molecule has 0 bridgehead atoms. The van der Waals surface area contributed by atoms with Gasteiger partial charge in [-0.15, -0.1) is 0 Å². The Morgan fingerprint density at radius 3 is 2.19 bits per heavy atom. The van der Waals surface area contributed by atoms with E-state index in [4.69, 9.17) is 4.74 Å². The maximum absolute atomic E-state index is 15.1. The lowest BCUT2D eigenvalue weighted by molar-refractivity contribution is -0.114. The third kappa shape index (κ3) is 5.99. The molecule has 0 atom stereocenters. The van der Waals surface area contributed by atoms with Crippen molar-refractivity contribution in [1.82, 2.24) is 4.31 Å². The summed E-state index contributed by atoms with van der Waals surface area (Å²) in [5.41, 5.74) is 1.08. The van der Waals surface area contributed by atoms with Crippen molar-refractivity contribution in [3.05, 3.63) is 78.1 Å². The number of benzene rings is 3. The molecule has 12 heteroatoms. The van der Waals surface area contributed by atoms with Crippen molar-refractivity contribution in [3.8, 4) is 0 Å². The topological polar surface area (TPSA) is 122 Å². The number of hydrogen-bond acceptors (Lipinski definition) is 7. The number of nitrogens with zero attached hydrogens (tertiary/aromatic N) is 1. The van der Waals surface area contributed by atoms with Gasteiger partial charge in [0, 0.05) is 18.8 Å². The molecule has 37 heavy (non-hydrogen) atoms. The highest BCUT2D eigenvalue weighted by atomic mass is 32.2. The first-order valence-electron chi connectivity index (χ1n) is 11.4. The lowest BCUT2D eigenvalue weighted by Gasteiger charge is -2.26. The number of morpholine rings is 1. The lowest BCUT2D eigenvalue weighted by Crippen LogP contribution is -2.40. The van der Waals surface area contributed by atoms with Gasteiger partial charge in [0.25, 0.3) is 0 Å². The van der Waals surface area contributed by atoms with Gasteiger partial charge in [0.1, 0.15) is 4.90 Å². The number of nitrogens with one attached hydrogen (secondary N) is 2. The van der Waals surface area contributed by atoms with Gasteiger partial charge in [-0.05, 0) is 55.5 Å². The van der Waals surface area contributed by atoms with E-state index in [2.05, 4.69) is 10.6 Å². The Labute approximate surface area is 215 Å². The highest BCUT2D eigenvalue weighted by molar-refractivity contribution is 7.91. The zero-order chi connectivity index (χ0) is 26.6. The van der Waals surface area contributed by atoms with Gasteiger partial charge in [0.05, 0.1) is 35.2 Å². The second-order valence-electron chi connectivity index (χ2n) is 8.38. The molecule has 0 aromatic heterocycles. The van der Waals surface area contributed by atoms with Crippen LogP contribution in [0, 0.1) is 12.7 Å². The number of anilines is 2. The van der Waals surface area contributed by atoms with Crippen molar-refractivity contribution in [1.29, 1.82) is 0 Å². The highest BCUT2D eigenvalue weighted by Crippen LogP contribution is 2.28. The third-order valence-electron chi connectivity index (χ3n) is 5.77. The number of ether oxygens (including phenoxy) is 1. The molecular formula is C25H26FN3O6S2. The molecule has 1 heterocycles. The number of carbonyl (C=O) groups excluding carboxylic acids is 1. The van der Waals surface area contributed by atoms with Crippen LogP contribution >= 0.6 is 0 Å². The summed E-state index contributed by atoms with van der Waals surface area (Å²) >= 11 is 0. The summed E-state index contributed by atoms with van der Waals surface area (Å²) in [6, 6.07) is 15.7. The minimum absolute atomic E-state index is 0.0361. The Balaban J connectivity index is 1.40. The Hall–Kier alpha value is -3.32. The monoisotopic (exact) mass is 547 g/mol. The van der Waals surface area contributed by atoms with E-state index >= 15 is 4.39 Å². The normalized spacial score (nSPS) is 14.8. The van der Waals surface area contributed by atoms with Gasteiger partial charge in [-0.2, -0.15) is 4.31 Å². The van der Waals surface area contributed by atoms with E-state index in [0.717, 1.165) is 5.56 Å². The van der Waals surface area contributed by atoms with Gasteiger partial charge in [0.2, 0.25) is 25.8 Å². The summed E-state index contributed by atoms with van der Waals surface area (Å²) < 4.78 is 72.8. The van der Waals surface area contributed by atoms with Gasteiger partial charge in [-0.1, -0.05) is 23.8 Å². The van der Waals surface area contributed by atoms with Crippen LogP contribution in [0.15, 0.2) is 81.4 Å². The van der Waals surface area contributed by atoms with Crippen LogP contribution in [0.2, 0.25) is 0 Å². The molecule has 0 radical (unpaired) electrons. The maximum atomic E-state index is 15.1. The minimum Gasteiger partial charge on any atom is -0.379 e. The predicted molar refractivity (Wildman–Crippen MR) is 136 cm³/mol. The summed E-state index contributed by atoms with van der Waals surface area (Å²) in [7, 11) is -7.75. The van der Waals surface area contributed by atoms with Crippen LogP contribution in [-0.2, 0) is 29.4 Å². The van der Waals surface area contributed by atoms with Crippen LogP contribution in [0.25, 0.3) is 0 Å². The van der Waals surface area contributed by atoms with Crippen molar-refractivity contribution >= 4 is 37.1 Å². The Morgan fingerprint density at radius 1 is 0.919 bits per heavy atom. The summed E-state index contributed by atoms with van der Waals surface area (Å²) in [4.78, 5) is 12.0. The molecule has 0 spiro atoms. The van der Waals surface area contributed by atoms with E-state index in [0.29, 0.717) is 18.9 Å². The summed E-state index contributed by atoms with van der Waals surface area (Å²) in [6.07, 6.45) is 0. The van der Waals surface area contributed by atoms with E-state index in [1.807, 2.05) is 6.92 Å². The standard InChI is InChI=1S/C25H26FN3O6S2/c1-18-5-9-20(10-6-18)36(31,32)23-4-2-3-22(25(23)26)27-17-24(30)28-19-7-11-21(12-8-19)37(33,34)29-13-15-35-16-14-29/h2-12,27H,13-17H2,1H3,(H,28,30). The molecule has 1 fully saturated rings. The van der Waals surface area contributed by atoms with Crippen molar-refractivity contribution in [2.75, 3.05) is 43.5 Å². The summed E-state index contributed by atoms with van der Waals surface area (Å²) in [5, 5.41) is 5.21. The summed E-state index contributed by atoms with van der Waals surface area (Å²) in [6.45, 7) is 2.68. The Bertz CT molecular complexity index is 1490. The zero-order valence-corrected chi connectivity index (χ0v) is 21.6. The van der Waals surface area contributed by atoms with Gasteiger partial charge in [-0.3, -0.25) is 4.79 Å². The fourth-order valence-electron chi connectivity index (χ4n) is 3.73. The number of rotatable bonds is 8. The molecule has 0 unspecified atom stereocenters. The van der Waals surface area contributed by atoms with Crippen molar-refractivity contribution < 1.29 is 30.8 Å². The van der Waals surface area contributed by atoms with Crippen molar-refractivity contribution in [3.63, 3.8) is 0 Å². The molecule has 3 aromatic carbocycles. The van der Waals surface area contributed by atoms with Crippen molar-refractivity contribution in [2.45, 2.75) is 21.6 Å². The van der Waals surface area contributed by atoms with E-state index in [-0.39, 0.29) is 35.1 Å². The van der Waals surface area contributed by atoms with E-state index in [1.165, 1.54) is 58.9 Å². The number of sulfone groups is 1. The van der Waals surface area contributed by atoms with Gasteiger partial charge in [-0.25, -0.2) is 21.2 Å². The number of amides is 1. The largest absolute Gasteiger partial charge is 0.379 e. The van der Waals surface area contributed by atoms with Crippen LogP contribution in [0.4, 0.5) is 15.8 Å². The van der Waals surface area contributed by atoms with Gasteiger partial charge < -0.3 is 15.4 Å². The fraction of sp³-hybridized carbons (Fsp3) is 0.240. The van der Waals surface area contributed by atoms with E-state index in [9.17, 15) is 21.6 Å². The third-order valence-corrected chi connectivity index (χ3v) is 9.47. The molecule has 9 nitrogen and oxygen atoms in total. The van der Waals surface area contributed by atoms with Crippen LogP contribution in [0.3, 0.4) is 0 Å². The SMILES string of the molecule is Cc1ccc(S(=O)(=O)c2cccc(NCC(=O)Nc3ccc(S(=O)(=O)N4CCOCC4)cc3)c2F)cc1. The van der Waals surface area contributed by atoms with Gasteiger partial charge in [0.15, 0.2) is 5.82 Å². The smallest absolute Gasteiger partial charge is 0.243 e. The van der Waals surface area contributed by atoms with Crippen LogP contribution in [-0.4, -0.2) is 59.9 Å².